The molecule has 7 nitrogen and oxygen atoms in total. The van der Waals surface area contributed by atoms with Gasteiger partial charge in [0.15, 0.2) is 6.10 Å². The van der Waals surface area contributed by atoms with Gasteiger partial charge < -0.3 is 10.1 Å². The highest BCUT2D eigenvalue weighted by Crippen LogP contribution is 2.21. The van der Waals surface area contributed by atoms with Crippen molar-refractivity contribution in [2.24, 2.45) is 5.92 Å². The van der Waals surface area contributed by atoms with E-state index in [1.54, 1.807) is 6.92 Å². The first-order valence-corrected chi connectivity index (χ1v) is 6.84. The Bertz CT molecular complexity index is 609. The third-order valence-electron chi connectivity index (χ3n) is 3.48. The highest BCUT2D eigenvalue weighted by molar-refractivity contribution is 5.81. The Kier molecular flexibility index (Phi) is 5.46. The molecule has 0 saturated heterocycles. The zero-order valence-electron chi connectivity index (χ0n) is 13.0. The molecule has 0 aliphatic heterocycles. The predicted octanol–water partition coefficient (Wildman–Crippen LogP) is 2.42. The number of non-ortho nitro benzene ring substituents is 1. The van der Waals surface area contributed by atoms with E-state index in [1.807, 2.05) is 13.8 Å². The molecule has 7 heteroatoms. The number of nitrogens with zero attached hydrogens (tertiary/aromatic N) is 2. The van der Waals surface area contributed by atoms with Gasteiger partial charge in [0.05, 0.1) is 17.1 Å². The fourth-order valence-corrected chi connectivity index (χ4v) is 1.59. The predicted molar refractivity (Wildman–Crippen MR) is 80.2 cm³/mol. The van der Waals surface area contributed by atoms with Gasteiger partial charge in [-0.05, 0) is 25.8 Å². The largest absolute Gasteiger partial charge is 0.481 e. The number of amides is 1. The van der Waals surface area contributed by atoms with Crippen molar-refractivity contribution in [2.45, 2.75) is 39.3 Å². The van der Waals surface area contributed by atoms with Gasteiger partial charge in [-0.1, -0.05) is 19.9 Å². The fourth-order valence-electron chi connectivity index (χ4n) is 1.59. The van der Waals surface area contributed by atoms with Gasteiger partial charge in [0.1, 0.15) is 11.3 Å². The van der Waals surface area contributed by atoms with Crippen LogP contribution in [0.2, 0.25) is 0 Å². The van der Waals surface area contributed by atoms with Crippen LogP contribution in [0.25, 0.3) is 0 Å². The fraction of sp³-hybridized carbons (Fsp3) is 0.467. The second-order valence-electron chi connectivity index (χ2n) is 5.47. The first kappa shape index (κ1) is 17.4. The Balaban J connectivity index is 2.79. The van der Waals surface area contributed by atoms with Crippen LogP contribution in [-0.2, 0) is 4.79 Å². The normalized spacial score (nSPS) is 14.5. The molecule has 0 aliphatic rings. The van der Waals surface area contributed by atoms with E-state index in [2.05, 4.69) is 11.4 Å². The molecular formula is C15H19N3O4. The van der Waals surface area contributed by atoms with Crippen LogP contribution >= 0.6 is 0 Å². The number of nitro groups is 1. The minimum absolute atomic E-state index is 0.0773. The molecule has 2 atom stereocenters. The van der Waals surface area contributed by atoms with Gasteiger partial charge in [0, 0.05) is 6.07 Å². The first-order valence-electron chi connectivity index (χ1n) is 6.84. The summed E-state index contributed by atoms with van der Waals surface area (Å²) in [6, 6.07) is 7.67. The third-order valence-corrected chi connectivity index (χ3v) is 3.48. The van der Waals surface area contributed by atoms with Crippen LogP contribution in [0.3, 0.4) is 0 Å². The van der Waals surface area contributed by atoms with Gasteiger partial charge in [-0.15, -0.1) is 0 Å². The summed E-state index contributed by atoms with van der Waals surface area (Å²) in [5.41, 5.74) is -1.12. The molecule has 0 bridgehead atoms. The minimum atomic E-state index is -1.00. The van der Waals surface area contributed by atoms with Crippen LogP contribution in [-0.4, -0.2) is 22.5 Å². The summed E-state index contributed by atoms with van der Waals surface area (Å²) < 4.78 is 5.41. The quantitative estimate of drug-likeness (QED) is 0.641. The molecule has 1 N–H and O–H groups in total. The van der Waals surface area contributed by atoms with Gasteiger partial charge in [0.2, 0.25) is 0 Å². The van der Waals surface area contributed by atoms with Crippen molar-refractivity contribution in [1.82, 2.24) is 5.32 Å². The Morgan fingerprint density at radius 1 is 1.45 bits per heavy atom. The van der Waals surface area contributed by atoms with Gasteiger partial charge >= 0.3 is 0 Å². The van der Waals surface area contributed by atoms with Crippen molar-refractivity contribution >= 4 is 11.6 Å². The standard InChI is InChI=1S/C15H19N3O4/c1-10(2)15(4,9-16)17-14(19)11(3)22-13-7-5-6-12(8-13)18(20)21/h5-8,10-11H,1-4H3,(H,17,19)/t11-,15+/m1/s1. The van der Waals surface area contributed by atoms with Crippen molar-refractivity contribution in [3.05, 3.63) is 34.4 Å². The van der Waals surface area contributed by atoms with Gasteiger partial charge in [-0.2, -0.15) is 5.26 Å². The number of hydrogen-bond donors (Lipinski definition) is 1. The summed E-state index contributed by atoms with van der Waals surface area (Å²) in [7, 11) is 0. The Labute approximate surface area is 129 Å². The molecule has 0 aromatic heterocycles. The smallest absolute Gasteiger partial charge is 0.273 e. The Morgan fingerprint density at radius 2 is 2.09 bits per heavy atom. The zero-order valence-corrected chi connectivity index (χ0v) is 13.0. The lowest BCUT2D eigenvalue weighted by Gasteiger charge is -2.28. The van der Waals surface area contributed by atoms with Crippen molar-refractivity contribution in [2.75, 3.05) is 0 Å². The molecule has 1 aromatic carbocycles. The number of carbonyl (C=O) groups excluding carboxylic acids is 1. The van der Waals surface area contributed by atoms with Crippen LogP contribution in [0, 0.1) is 27.4 Å². The zero-order chi connectivity index (χ0) is 16.9. The van der Waals surface area contributed by atoms with Crippen LogP contribution in [0.1, 0.15) is 27.7 Å². The molecule has 0 aliphatic carbocycles. The molecular weight excluding hydrogens is 286 g/mol. The summed E-state index contributed by atoms with van der Waals surface area (Å²) >= 11 is 0. The maximum atomic E-state index is 12.1. The molecule has 0 saturated carbocycles. The third kappa shape index (κ3) is 4.19. The molecule has 0 radical (unpaired) electrons. The van der Waals surface area contributed by atoms with Crippen LogP contribution < -0.4 is 10.1 Å². The SMILES string of the molecule is CC(C)[C@](C)(C#N)NC(=O)[C@@H](C)Oc1cccc([N+](=O)[O-])c1. The van der Waals surface area contributed by atoms with Crippen LogP contribution in [0.4, 0.5) is 5.69 Å². The van der Waals surface area contributed by atoms with Crippen LogP contribution in [0.5, 0.6) is 5.75 Å². The van der Waals surface area contributed by atoms with E-state index >= 15 is 0 Å². The van der Waals surface area contributed by atoms with E-state index in [0.717, 1.165) is 0 Å². The summed E-state index contributed by atoms with van der Waals surface area (Å²) in [5.74, 6) is -0.309. The molecule has 1 aromatic rings. The lowest BCUT2D eigenvalue weighted by Crippen LogP contribution is -2.52. The second-order valence-corrected chi connectivity index (χ2v) is 5.47. The van der Waals surface area contributed by atoms with Crippen LogP contribution in [0.15, 0.2) is 24.3 Å². The maximum Gasteiger partial charge on any atom is 0.273 e. The summed E-state index contributed by atoms with van der Waals surface area (Å²) in [5, 5.41) is 22.5. The van der Waals surface area contributed by atoms with Gasteiger partial charge in [-0.3, -0.25) is 14.9 Å². The molecule has 1 rings (SSSR count). The van der Waals surface area contributed by atoms with Crippen molar-refractivity contribution < 1.29 is 14.5 Å². The Morgan fingerprint density at radius 3 is 2.59 bits per heavy atom. The highest BCUT2D eigenvalue weighted by atomic mass is 16.6. The molecule has 22 heavy (non-hydrogen) atoms. The van der Waals surface area contributed by atoms with E-state index in [1.165, 1.54) is 31.2 Å². The second kappa shape index (κ2) is 6.89. The molecule has 1 amide bonds. The number of carbonyl (C=O) groups is 1. The summed E-state index contributed by atoms with van der Waals surface area (Å²) in [6.07, 6.45) is -0.881. The maximum absolute atomic E-state index is 12.1. The summed E-state index contributed by atoms with van der Waals surface area (Å²) in [6.45, 7) is 6.81. The van der Waals surface area contributed by atoms with E-state index in [0.29, 0.717) is 0 Å². The number of ether oxygens (including phenoxy) is 1. The van der Waals surface area contributed by atoms with E-state index in [-0.39, 0.29) is 17.4 Å². The molecule has 0 heterocycles. The lowest BCUT2D eigenvalue weighted by atomic mass is 9.90. The van der Waals surface area contributed by atoms with E-state index in [4.69, 9.17) is 4.74 Å². The average molecular weight is 305 g/mol. The van der Waals surface area contributed by atoms with E-state index < -0.39 is 22.5 Å². The van der Waals surface area contributed by atoms with Gasteiger partial charge in [-0.25, -0.2) is 0 Å². The Hall–Kier alpha value is -2.62. The monoisotopic (exact) mass is 305 g/mol. The molecule has 0 unspecified atom stereocenters. The number of nitriles is 1. The van der Waals surface area contributed by atoms with Crippen molar-refractivity contribution in [3.8, 4) is 11.8 Å². The number of benzene rings is 1. The van der Waals surface area contributed by atoms with Crippen molar-refractivity contribution in [3.63, 3.8) is 0 Å². The lowest BCUT2D eigenvalue weighted by molar-refractivity contribution is -0.384. The summed E-state index contributed by atoms with van der Waals surface area (Å²) in [4.78, 5) is 22.3. The number of hydrogen-bond acceptors (Lipinski definition) is 5. The molecule has 0 fully saturated rings. The highest BCUT2D eigenvalue weighted by Gasteiger charge is 2.32. The number of nitro benzene ring substituents is 1. The molecule has 0 spiro atoms. The first-order chi connectivity index (χ1) is 10.2. The van der Waals surface area contributed by atoms with Gasteiger partial charge in [0.25, 0.3) is 11.6 Å². The van der Waals surface area contributed by atoms with E-state index in [9.17, 15) is 20.2 Å². The van der Waals surface area contributed by atoms with Crippen molar-refractivity contribution in [1.29, 1.82) is 5.26 Å². The minimum Gasteiger partial charge on any atom is -0.481 e. The number of nitrogens with one attached hydrogen (secondary N) is 1. The topological polar surface area (TPSA) is 105 Å². The number of rotatable bonds is 6. The average Bonchev–Trinajstić information content (AvgIpc) is 2.46. The molecule has 118 valence electrons.